The van der Waals surface area contributed by atoms with Crippen LogP contribution in [0.1, 0.15) is 12.8 Å². The zero-order valence-electron chi connectivity index (χ0n) is 15.0. The summed E-state index contributed by atoms with van der Waals surface area (Å²) in [4.78, 5) is 2.57. The Hall–Kier alpha value is -1.76. The molecule has 140 valence electrons. The van der Waals surface area contributed by atoms with E-state index in [2.05, 4.69) is 17.3 Å². The highest BCUT2D eigenvalue weighted by molar-refractivity contribution is 7.92. The number of halogens is 1. The maximum atomic E-state index is 12.8. The van der Waals surface area contributed by atoms with Crippen LogP contribution in [0.5, 0.6) is 0 Å². The number of piperidine rings is 1. The molecular formula is C19H24ClN3O2S. The van der Waals surface area contributed by atoms with Gasteiger partial charge < -0.3 is 10.2 Å². The maximum absolute atomic E-state index is 12.8. The van der Waals surface area contributed by atoms with E-state index in [0.29, 0.717) is 16.8 Å². The summed E-state index contributed by atoms with van der Waals surface area (Å²) in [5.41, 5.74) is 1.35. The molecule has 2 aromatic rings. The van der Waals surface area contributed by atoms with Gasteiger partial charge in [-0.1, -0.05) is 29.8 Å². The van der Waals surface area contributed by atoms with Gasteiger partial charge in [-0.05, 0) is 63.3 Å². The molecule has 1 heterocycles. The topological polar surface area (TPSA) is 52.6 Å². The van der Waals surface area contributed by atoms with Gasteiger partial charge in [-0.2, -0.15) is 0 Å². The fourth-order valence-corrected chi connectivity index (χ4v) is 4.46. The molecule has 3 rings (SSSR count). The molecule has 0 unspecified atom stereocenters. The van der Waals surface area contributed by atoms with E-state index in [4.69, 9.17) is 11.6 Å². The summed E-state index contributed by atoms with van der Waals surface area (Å²) in [5, 5.41) is 4.07. The number of hydrogen-bond donors (Lipinski definition) is 1. The highest BCUT2D eigenvalue weighted by atomic mass is 35.5. The summed E-state index contributed by atoms with van der Waals surface area (Å²) >= 11 is 6.34. The number of sulfonamides is 1. The highest BCUT2D eigenvalue weighted by Crippen LogP contribution is 2.31. The van der Waals surface area contributed by atoms with Crippen molar-refractivity contribution in [2.45, 2.75) is 23.8 Å². The Kier molecular flexibility index (Phi) is 5.75. The molecule has 1 saturated heterocycles. The third-order valence-electron chi connectivity index (χ3n) is 4.79. The molecule has 0 saturated carbocycles. The van der Waals surface area contributed by atoms with Crippen molar-refractivity contribution in [3.63, 3.8) is 0 Å². The predicted octanol–water partition coefficient (Wildman–Crippen LogP) is 3.67. The Morgan fingerprint density at radius 2 is 1.77 bits per heavy atom. The van der Waals surface area contributed by atoms with Crippen LogP contribution in [0.2, 0.25) is 5.02 Å². The second-order valence-electron chi connectivity index (χ2n) is 6.67. The van der Waals surface area contributed by atoms with Crippen LogP contribution in [0.4, 0.5) is 11.4 Å². The number of nitrogens with zero attached hydrogens (tertiary/aromatic N) is 2. The lowest BCUT2D eigenvalue weighted by molar-refractivity contribution is 0.264. The largest absolute Gasteiger partial charge is 0.381 e. The minimum Gasteiger partial charge on any atom is -0.381 e. The van der Waals surface area contributed by atoms with Gasteiger partial charge in [0.25, 0.3) is 10.0 Å². The van der Waals surface area contributed by atoms with E-state index in [0.717, 1.165) is 31.6 Å². The van der Waals surface area contributed by atoms with Crippen LogP contribution in [0.15, 0.2) is 53.4 Å². The van der Waals surface area contributed by atoms with Crippen LogP contribution in [-0.2, 0) is 10.0 Å². The molecule has 7 heteroatoms. The van der Waals surface area contributed by atoms with E-state index < -0.39 is 10.0 Å². The second-order valence-corrected chi connectivity index (χ2v) is 9.05. The zero-order valence-corrected chi connectivity index (χ0v) is 16.6. The Balaban J connectivity index is 1.82. The first-order valence-electron chi connectivity index (χ1n) is 8.66. The molecule has 0 aromatic heterocycles. The molecular weight excluding hydrogens is 370 g/mol. The van der Waals surface area contributed by atoms with Crippen molar-refractivity contribution in [2.75, 3.05) is 36.8 Å². The van der Waals surface area contributed by atoms with E-state index in [1.807, 2.05) is 0 Å². The highest BCUT2D eigenvalue weighted by Gasteiger charge is 2.22. The SMILES string of the molecule is CN1CCC(Nc2cc(N(C)S(=O)(=O)c3ccccc3)ccc2Cl)CC1. The molecule has 1 aliphatic rings. The summed E-state index contributed by atoms with van der Waals surface area (Å²) in [6, 6.07) is 14.0. The van der Waals surface area contributed by atoms with Gasteiger partial charge in [0.15, 0.2) is 0 Å². The van der Waals surface area contributed by atoms with Crippen molar-refractivity contribution in [1.29, 1.82) is 0 Å². The smallest absolute Gasteiger partial charge is 0.264 e. The standard InChI is InChI=1S/C19H24ClN3O2S/c1-22-12-10-15(11-13-22)21-19-14-16(8-9-18(19)20)23(2)26(24,25)17-6-4-3-5-7-17/h3-9,14-15,21H,10-13H2,1-2H3. The normalized spacial score (nSPS) is 16.4. The summed E-state index contributed by atoms with van der Waals surface area (Å²) < 4.78 is 26.9. The zero-order chi connectivity index (χ0) is 18.7. The van der Waals surface area contributed by atoms with Gasteiger partial charge in [0.2, 0.25) is 0 Å². The van der Waals surface area contributed by atoms with Crippen molar-refractivity contribution < 1.29 is 8.42 Å². The van der Waals surface area contributed by atoms with Crippen LogP contribution in [-0.4, -0.2) is 46.5 Å². The van der Waals surface area contributed by atoms with Crippen LogP contribution in [0.25, 0.3) is 0 Å². The number of hydrogen-bond acceptors (Lipinski definition) is 4. The molecule has 0 bridgehead atoms. The molecule has 0 amide bonds. The fraction of sp³-hybridized carbons (Fsp3) is 0.368. The molecule has 0 atom stereocenters. The van der Waals surface area contributed by atoms with E-state index in [1.165, 1.54) is 4.31 Å². The Labute approximate surface area is 160 Å². The van der Waals surface area contributed by atoms with Gasteiger partial charge in [-0.25, -0.2) is 8.42 Å². The minimum atomic E-state index is -3.61. The van der Waals surface area contributed by atoms with Crippen LogP contribution < -0.4 is 9.62 Å². The van der Waals surface area contributed by atoms with Gasteiger partial charge in [-0.3, -0.25) is 4.31 Å². The predicted molar refractivity (Wildman–Crippen MR) is 108 cm³/mol. The lowest BCUT2D eigenvalue weighted by Gasteiger charge is -2.30. The van der Waals surface area contributed by atoms with Crippen molar-refractivity contribution in [2.24, 2.45) is 0 Å². The molecule has 0 spiro atoms. The third kappa shape index (κ3) is 4.14. The Bertz CT molecular complexity index is 850. The fourth-order valence-electron chi connectivity index (χ4n) is 3.08. The first kappa shape index (κ1) is 19.0. The van der Waals surface area contributed by atoms with Gasteiger partial charge >= 0.3 is 0 Å². The van der Waals surface area contributed by atoms with Crippen LogP contribution in [0.3, 0.4) is 0 Å². The lowest BCUT2D eigenvalue weighted by Crippen LogP contribution is -2.36. The van der Waals surface area contributed by atoms with Crippen molar-refractivity contribution >= 4 is 33.0 Å². The maximum Gasteiger partial charge on any atom is 0.264 e. The summed E-state index contributed by atoms with van der Waals surface area (Å²) in [7, 11) is 0.0725. The first-order chi connectivity index (χ1) is 12.4. The molecule has 1 fully saturated rings. The number of benzene rings is 2. The number of likely N-dealkylation sites (tertiary alicyclic amines) is 1. The summed E-state index contributed by atoms with van der Waals surface area (Å²) in [6.45, 7) is 2.08. The summed E-state index contributed by atoms with van der Waals surface area (Å²) in [5.74, 6) is 0. The third-order valence-corrected chi connectivity index (χ3v) is 6.92. The Morgan fingerprint density at radius 1 is 1.12 bits per heavy atom. The van der Waals surface area contributed by atoms with Crippen molar-refractivity contribution in [3.8, 4) is 0 Å². The molecule has 1 N–H and O–H groups in total. The van der Waals surface area contributed by atoms with E-state index in [1.54, 1.807) is 55.6 Å². The average Bonchev–Trinajstić information content (AvgIpc) is 2.65. The minimum absolute atomic E-state index is 0.266. The van der Waals surface area contributed by atoms with Crippen molar-refractivity contribution in [3.05, 3.63) is 53.6 Å². The number of rotatable bonds is 5. The summed E-state index contributed by atoms with van der Waals surface area (Å²) in [6.07, 6.45) is 2.07. The molecule has 5 nitrogen and oxygen atoms in total. The molecule has 26 heavy (non-hydrogen) atoms. The molecule has 0 radical (unpaired) electrons. The van der Waals surface area contributed by atoms with E-state index in [-0.39, 0.29) is 4.90 Å². The first-order valence-corrected chi connectivity index (χ1v) is 10.5. The van der Waals surface area contributed by atoms with Gasteiger partial charge in [0.1, 0.15) is 0 Å². The second kappa shape index (κ2) is 7.86. The lowest BCUT2D eigenvalue weighted by atomic mass is 10.1. The van der Waals surface area contributed by atoms with Gasteiger partial charge in [0, 0.05) is 13.1 Å². The quantitative estimate of drug-likeness (QED) is 0.842. The number of nitrogens with one attached hydrogen (secondary N) is 1. The monoisotopic (exact) mass is 393 g/mol. The van der Waals surface area contributed by atoms with Gasteiger partial charge in [0.05, 0.1) is 21.3 Å². The van der Waals surface area contributed by atoms with E-state index >= 15 is 0 Å². The van der Waals surface area contributed by atoms with E-state index in [9.17, 15) is 8.42 Å². The molecule has 0 aliphatic carbocycles. The molecule has 1 aliphatic heterocycles. The average molecular weight is 394 g/mol. The molecule has 2 aromatic carbocycles. The number of anilines is 2. The van der Waals surface area contributed by atoms with Crippen LogP contribution >= 0.6 is 11.6 Å². The van der Waals surface area contributed by atoms with Crippen LogP contribution in [0, 0.1) is 0 Å². The van der Waals surface area contributed by atoms with Crippen molar-refractivity contribution in [1.82, 2.24) is 4.90 Å². The van der Waals surface area contributed by atoms with Gasteiger partial charge in [-0.15, -0.1) is 0 Å². The Morgan fingerprint density at radius 3 is 2.42 bits per heavy atom.